The first kappa shape index (κ1) is 30.9. The molecule has 2 heterocycles. The molecule has 0 radical (unpaired) electrons. The van der Waals surface area contributed by atoms with Crippen LogP contribution in [0.15, 0.2) is 194 Å². The van der Waals surface area contributed by atoms with Crippen molar-refractivity contribution >= 4 is 38.9 Å². The molecule has 1 aliphatic carbocycles. The minimum atomic E-state index is -0.585. The van der Waals surface area contributed by atoms with Gasteiger partial charge in [-0.1, -0.05) is 166 Å². The first-order valence-corrected chi connectivity index (χ1v) is 19.0. The lowest BCUT2D eigenvalue weighted by atomic mass is 9.59. The van der Waals surface area contributed by atoms with Gasteiger partial charge in [0.15, 0.2) is 0 Å². The summed E-state index contributed by atoms with van der Waals surface area (Å²) in [6.45, 7) is 4.82. The van der Waals surface area contributed by atoms with Crippen molar-refractivity contribution in [3.05, 3.63) is 228 Å². The van der Waals surface area contributed by atoms with E-state index in [1.54, 1.807) is 0 Å². The Labute approximate surface area is 316 Å². The molecule has 256 valence electrons. The summed E-state index contributed by atoms with van der Waals surface area (Å²) < 4.78 is 2.41. The maximum atomic E-state index is 2.50. The number of aromatic nitrogens is 1. The van der Waals surface area contributed by atoms with Crippen LogP contribution in [0.4, 0.5) is 17.1 Å². The van der Waals surface area contributed by atoms with E-state index in [-0.39, 0.29) is 5.41 Å². The van der Waals surface area contributed by atoms with E-state index in [1.807, 2.05) is 0 Å². The lowest BCUT2D eigenvalue weighted by molar-refractivity contribution is 0.625. The normalized spacial score (nSPS) is 14.7. The Hall–Kier alpha value is -6.64. The fourth-order valence-electron chi connectivity index (χ4n) is 10.1. The van der Waals surface area contributed by atoms with E-state index in [4.69, 9.17) is 0 Å². The quantitative estimate of drug-likeness (QED) is 0.178. The summed E-state index contributed by atoms with van der Waals surface area (Å²) in [5.41, 5.74) is 16.9. The van der Waals surface area contributed by atoms with Crippen LogP contribution in [0.5, 0.6) is 0 Å². The minimum Gasteiger partial charge on any atom is -0.310 e. The molecule has 54 heavy (non-hydrogen) atoms. The number of benzene rings is 8. The van der Waals surface area contributed by atoms with Crippen LogP contribution >= 0.6 is 0 Å². The number of hydrogen-bond acceptors (Lipinski definition) is 1. The molecule has 0 unspecified atom stereocenters. The first-order valence-electron chi connectivity index (χ1n) is 19.0. The molecule has 0 atom stereocenters. The van der Waals surface area contributed by atoms with Crippen molar-refractivity contribution < 1.29 is 0 Å². The zero-order valence-corrected chi connectivity index (χ0v) is 30.4. The highest BCUT2D eigenvalue weighted by atomic mass is 15.2. The third kappa shape index (κ3) is 4.06. The van der Waals surface area contributed by atoms with Gasteiger partial charge in [-0.05, 0) is 87.0 Å². The van der Waals surface area contributed by atoms with Gasteiger partial charge in [-0.25, -0.2) is 0 Å². The van der Waals surface area contributed by atoms with Gasteiger partial charge in [0.25, 0.3) is 0 Å². The molecule has 1 aliphatic heterocycles. The Morgan fingerprint density at radius 2 is 0.944 bits per heavy atom. The van der Waals surface area contributed by atoms with Gasteiger partial charge in [0.05, 0.1) is 27.8 Å². The fourth-order valence-corrected chi connectivity index (χ4v) is 10.1. The third-order valence-corrected chi connectivity index (χ3v) is 12.2. The van der Waals surface area contributed by atoms with Gasteiger partial charge in [0, 0.05) is 27.6 Å². The molecule has 2 heteroatoms. The lowest BCUT2D eigenvalue weighted by Gasteiger charge is -2.48. The van der Waals surface area contributed by atoms with Crippen LogP contribution in [0.3, 0.4) is 0 Å². The molecule has 1 aromatic heterocycles. The molecule has 0 amide bonds. The predicted octanol–water partition coefficient (Wildman–Crippen LogP) is 13.3. The van der Waals surface area contributed by atoms with Crippen LogP contribution in [0.2, 0.25) is 0 Å². The molecule has 2 nitrogen and oxygen atoms in total. The van der Waals surface area contributed by atoms with Crippen molar-refractivity contribution in [2.45, 2.75) is 24.7 Å². The SMILES string of the molecule is CC1(C)c2ccccc2-c2cccc(C3(c4ccccc4)c4ccccc4N(c4ccc5c6ccccc6n(-c6ccccc6)c5c4)c4ccccc43)c21. The topological polar surface area (TPSA) is 8.17 Å². The number of rotatable bonds is 4. The molecule has 0 spiro atoms. The monoisotopic (exact) mass is 690 g/mol. The van der Waals surface area contributed by atoms with E-state index in [0.29, 0.717) is 0 Å². The maximum Gasteiger partial charge on any atom is 0.0745 e. The number of fused-ring (bicyclic) bond motifs is 8. The number of anilines is 3. The molecular weight excluding hydrogens is 653 g/mol. The summed E-state index contributed by atoms with van der Waals surface area (Å²) in [4.78, 5) is 2.50. The summed E-state index contributed by atoms with van der Waals surface area (Å²) >= 11 is 0. The molecule has 0 fully saturated rings. The van der Waals surface area contributed by atoms with E-state index < -0.39 is 5.41 Å². The zero-order chi connectivity index (χ0) is 36.0. The van der Waals surface area contributed by atoms with E-state index in [0.717, 1.165) is 11.4 Å². The standard InChI is InChI=1S/C52H38N2/c1-51(2)42-25-11-9-22-38(42)41-24-17-28-45(50(41)51)52(35-18-5-3-6-19-35)43-26-12-15-30-47(43)54(48-31-16-13-27-44(48)52)37-32-33-40-39-23-10-14-29-46(39)53(49(40)34-37)36-20-7-4-8-21-36/h3-34H,1-2H3. The van der Waals surface area contributed by atoms with E-state index in [2.05, 4.69) is 217 Å². The molecule has 0 N–H and O–H groups in total. The van der Waals surface area contributed by atoms with Crippen molar-refractivity contribution in [1.29, 1.82) is 0 Å². The van der Waals surface area contributed by atoms with Crippen LogP contribution in [0.25, 0.3) is 38.6 Å². The van der Waals surface area contributed by atoms with E-state index in [1.165, 1.54) is 77.7 Å². The first-order chi connectivity index (χ1) is 26.6. The second-order valence-electron chi connectivity index (χ2n) is 15.3. The Morgan fingerprint density at radius 3 is 1.69 bits per heavy atom. The summed E-state index contributed by atoms with van der Waals surface area (Å²) in [5.74, 6) is 0. The molecular formula is C52H38N2. The van der Waals surface area contributed by atoms with Gasteiger partial charge in [-0.15, -0.1) is 0 Å². The molecule has 8 aromatic carbocycles. The Balaban J connectivity index is 1.23. The Morgan fingerprint density at radius 1 is 0.389 bits per heavy atom. The van der Waals surface area contributed by atoms with Crippen LogP contribution in [0.1, 0.15) is 47.2 Å². The van der Waals surface area contributed by atoms with Gasteiger partial charge in [-0.3, -0.25) is 0 Å². The number of nitrogens with zero attached hydrogens (tertiary/aromatic N) is 2. The number of hydrogen-bond donors (Lipinski definition) is 0. The Bertz CT molecular complexity index is 2870. The summed E-state index contributed by atoms with van der Waals surface area (Å²) in [7, 11) is 0. The minimum absolute atomic E-state index is 0.193. The zero-order valence-electron chi connectivity index (χ0n) is 30.4. The summed E-state index contributed by atoms with van der Waals surface area (Å²) in [6, 6.07) is 72.0. The van der Waals surface area contributed by atoms with Gasteiger partial charge in [0.2, 0.25) is 0 Å². The third-order valence-electron chi connectivity index (χ3n) is 12.2. The molecule has 2 aliphatic rings. The molecule has 11 rings (SSSR count). The average molecular weight is 691 g/mol. The number of para-hydroxylation sites is 4. The van der Waals surface area contributed by atoms with Crippen molar-refractivity contribution in [2.24, 2.45) is 0 Å². The van der Waals surface area contributed by atoms with Crippen LogP contribution in [-0.4, -0.2) is 4.57 Å². The Kier molecular flexibility index (Phi) is 6.55. The maximum absolute atomic E-state index is 2.50. The summed E-state index contributed by atoms with van der Waals surface area (Å²) in [6.07, 6.45) is 0. The van der Waals surface area contributed by atoms with Gasteiger partial charge < -0.3 is 9.47 Å². The van der Waals surface area contributed by atoms with E-state index >= 15 is 0 Å². The van der Waals surface area contributed by atoms with Crippen molar-refractivity contribution in [3.63, 3.8) is 0 Å². The lowest BCUT2D eigenvalue weighted by Crippen LogP contribution is -2.39. The van der Waals surface area contributed by atoms with Crippen LogP contribution in [0, 0.1) is 0 Å². The highest BCUT2D eigenvalue weighted by molar-refractivity contribution is 6.10. The molecule has 9 aromatic rings. The fraction of sp³-hybridized carbons (Fsp3) is 0.0769. The van der Waals surface area contributed by atoms with Gasteiger partial charge in [0.1, 0.15) is 0 Å². The van der Waals surface area contributed by atoms with Gasteiger partial charge in [-0.2, -0.15) is 0 Å². The van der Waals surface area contributed by atoms with Crippen molar-refractivity contribution in [1.82, 2.24) is 4.57 Å². The van der Waals surface area contributed by atoms with Crippen molar-refractivity contribution in [2.75, 3.05) is 4.90 Å². The predicted molar refractivity (Wildman–Crippen MR) is 225 cm³/mol. The average Bonchev–Trinajstić information content (AvgIpc) is 3.68. The second kappa shape index (κ2) is 11.4. The van der Waals surface area contributed by atoms with E-state index in [9.17, 15) is 0 Å². The largest absolute Gasteiger partial charge is 0.310 e. The molecule has 0 saturated heterocycles. The highest BCUT2D eigenvalue weighted by Gasteiger charge is 2.50. The molecule has 0 saturated carbocycles. The summed E-state index contributed by atoms with van der Waals surface area (Å²) in [5, 5.41) is 2.50. The van der Waals surface area contributed by atoms with Gasteiger partial charge >= 0.3 is 0 Å². The van der Waals surface area contributed by atoms with Crippen molar-refractivity contribution in [3.8, 4) is 16.8 Å². The smallest absolute Gasteiger partial charge is 0.0745 e. The molecule has 0 bridgehead atoms. The van der Waals surface area contributed by atoms with Crippen LogP contribution in [-0.2, 0) is 10.8 Å². The highest BCUT2D eigenvalue weighted by Crippen LogP contribution is 2.61. The van der Waals surface area contributed by atoms with Crippen LogP contribution < -0.4 is 4.90 Å². The second-order valence-corrected chi connectivity index (χ2v) is 15.3.